The van der Waals surface area contributed by atoms with Crippen LogP contribution < -0.4 is 0 Å². The lowest BCUT2D eigenvalue weighted by molar-refractivity contribution is 1.02. The maximum Gasteiger partial charge on any atom is 0.0583 e. The number of fused-ring (bicyclic) bond motifs is 9. The maximum atomic E-state index is 2.36. The van der Waals surface area contributed by atoms with Gasteiger partial charge < -0.3 is 4.57 Å². The third kappa shape index (κ3) is 1.62. The van der Waals surface area contributed by atoms with E-state index in [4.69, 9.17) is 0 Å². The molecule has 25 heavy (non-hydrogen) atoms. The van der Waals surface area contributed by atoms with Gasteiger partial charge in [-0.25, -0.2) is 0 Å². The number of hydrogen-bond acceptors (Lipinski definition) is 1. The summed E-state index contributed by atoms with van der Waals surface area (Å²) >= 11 is 1.91. The number of aromatic nitrogens is 1. The molecule has 2 aromatic heterocycles. The maximum absolute atomic E-state index is 2.36. The van der Waals surface area contributed by atoms with E-state index in [1.54, 1.807) is 0 Å². The fraction of sp³-hybridized carbons (Fsp3) is 0.0435. The van der Waals surface area contributed by atoms with Crippen LogP contribution in [0.1, 0.15) is 0 Å². The second kappa shape index (κ2) is 4.62. The lowest BCUT2D eigenvalue weighted by Crippen LogP contribution is -1.86. The highest BCUT2D eigenvalue weighted by Crippen LogP contribution is 2.43. The monoisotopic (exact) mass is 337 g/mol. The number of benzene rings is 4. The van der Waals surface area contributed by atoms with E-state index in [0.29, 0.717) is 0 Å². The molecule has 4 aromatic carbocycles. The van der Waals surface area contributed by atoms with Crippen LogP contribution >= 0.6 is 11.3 Å². The molecule has 0 atom stereocenters. The first kappa shape index (κ1) is 13.5. The summed E-state index contributed by atoms with van der Waals surface area (Å²) in [6, 6.07) is 26.5. The smallest absolute Gasteiger partial charge is 0.0583 e. The van der Waals surface area contributed by atoms with Gasteiger partial charge in [0.05, 0.1) is 5.52 Å². The largest absolute Gasteiger partial charge is 0.343 e. The molecular weight excluding hydrogens is 322 g/mol. The molecule has 2 heterocycles. The van der Waals surface area contributed by atoms with Gasteiger partial charge >= 0.3 is 0 Å². The fourth-order valence-electron chi connectivity index (χ4n) is 4.26. The Labute approximate surface area is 148 Å². The predicted octanol–water partition coefficient (Wildman–Crippen LogP) is 6.85. The molecule has 0 amide bonds. The Morgan fingerprint density at radius 3 is 2.36 bits per heavy atom. The first-order valence-corrected chi connectivity index (χ1v) is 9.35. The normalized spacial score (nSPS) is 12.2. The van der Waals surface area contributed by atoms with Crippen LogP contribution in [0.5, 0.6) is 0 Å². The van der Waals surface area contributed by atoms with Gasteiger partial charge in [-0.1, -0.05) is 60.7 Å². The third-order valence-electron chi connectivity index (χ3n) is 5.39. The summed E-state index contributed by atoms with van der Waals surface area (Å²) in [5, 5.41) is 8.11. The molecule has 0 spiro atoms. The van der Waals surface area contributed by atoms with Crippen LogP contribution in [0.2, 0.25) is 0 Å². The van der Waals surface area contributed by atoms with Crippen molar-refractivity contribution in [2.24, 2.45) is 7.05 Å². The van der Waals surface area contributed by atoms with Crippen molar-refractivity contribution in [3.05, 3.63) is 72.8 Å². The molecule has 0 fully saturated rings. The lowest BCUT2D eigenvalue weighted by Gasteiger charge is -2.02. The quantitative estimate of drug-likeness (QED) is 0.285. The molecule has 0 radical (unpaired) electrons. The van der Waals surface area contributed by atoms with Gasteiger partial charge in [-0.3, -0.25) is 0 Å². The average Bonchev–Trinajstić information content (AvgIpc) is 3.18. The van der Waals surface area contributed by atoms with Crippen molar-refractivity contribution in [3.63, 3.8) is 0 Å². The van der Waals surface area contributed by atoms with Crippen LogP contribution in [-0.4, -0.2) is 4.57 Å². The van der Waals surface area contributed by atoms with Gasteiger partial charge in [0.1, 0.15) is 0 Å². The second-order valence-electron chi connectivity index (χ2n) is 6.68. The zero-order valence-electron chi connectivity index (χ0n) is 13.8. The van der Waals surface area contributed by atoms with Gasteiger partial charge in [-0.05, 0) is 22.9 Å². The number of thiophene rings is 1. The van der Waals surface area contributed by atoms with Crippen molar-refractivity contribution in [3.8, 4) is 0 Å². The van der Waals surface area contributed by atoms with Crippen LogP contribution in [0, 0.1) is 0 Å². The standard InChI is InChI=1S/C23H15NS/c1-24-19-9-5-4-8-16(19)17-12-13-20-21(22(17)24)18-11-10-14-6-2-3-7-15(14)23(18)25-20/h2-13H,1H3. The molecule has 6 rings (SSSR count). The van der Waals surface area contributed by atoms with Gasteiger partial charge in [0.25, 0.3) is 0 Å². The predicted molar refractivity (Wildman–Crippen MR) is 111 cm³/mol. The zero-order valence-corrected chi connectivity index (χ0v) is 14.6. The van der Waals surface area contributed by atoms with Crippen LogP contribution in [0.15, 0.2) is 72.8 Å². The van der Waals surface area contributed by atoms with Crippen molar-refractivity contribution in [2.45, 2.75) is 0 Å². The second-order valence-corrected chi connectivity index (χ2v) is 7.73. The van der Waals surface area contributed by atoms with E-state index >= 15 is 0 Å². The van der Waals surface area contributed by atoms with Gasteiger partial charge in [0.15, 0.2) is 0 Å². The van der Waals surface area contributed by atoms with Crippen LogP contribution in [0.25, 0.3) is 52.8 Å². The topological polar surface area (TPSA) is 4.93 Å². The molecule has 1 nitrogen and oxygen atoms in total. The van der Waals surface area contributed by atoms with Crippen molar-refractivity contribution >= 4 is 64.1 Å². The molecule has 0 aliphatic heterocycles. The Morgan fingerprint density at radius 2 is 1.44 bits per heavy atom. The number of para-hydroxylation sites is 1. The molecule has 0 aliphatic carbocycles. The van der Waals surface area contributed by atoms with E-state index in [9.17, 15) is 0 Å². The Hall–Kier alpha value is -2.84. The Kier molecular flexibility index (Phi) is 2.48. The molecule has 2 heteroatoms. The molecule has 0 unspecified atom stereocenters. The Bertz CT molecular complexity index is 1450. The minimum atomic E-state index is 1.30. The summed E-state index contributed by atoms with van der Waals surface area (Å²) < 4.78 is 5.12. The highest BCUT2D eigenvalue weighted by atomic mass is 32.1. The van der Waals surface area contributed by atoms with Gasteiger partial charge in [0, 0.05) is 43.5 Å². The van der Waals surface area contributed by atoms with Crippen LogP contribution in [-0.2, 0) is 7.05 Å². The molecule has 0 N–H and O–H groups in total. The summed E-state index contributed by atoms with van der Waals surface area (Å²) in [5.41, 5.74) is 2.64. The zero-order chi connectivity index (χ0) is 16.5. The third-order valence-corrected chi connectivity index (χ3v) is 6.60. The SMILES string of the molecule is Cn1c2ccccc2c2ccc3sc4c5ccccc5ccc4c3c21. The van der Waals surface area contributed by atoms with Crippen molar-refractivity contribution in [1.29, 1.82) is 0 Å². The Balaban J connectivity index is 1.94. The van der Waals surface area contributed by atoms with Gasteiger partial charge in [-0.15, -0.1) is 11.3 Å². The average molecular weight is 337 g/mol. The molecule has 0 saturated carbocycles. The van der Waals surface area contributed by atoms with Crippen molar-refractivity contribution < 1.29 is 0 Å². The van der Waals surface area contributed by atoms with E-state index in [1.807, 2.05) is 11.3 Å². The molecule has 6 aromatic rings. The van der Waals surface area contributed by atoms with E-state index in [1.165, 1.54) is 52.8 Å². The van der Waals surface area contributed by atoms with E-state index in [-0.39, 0.29) is 0 Å². The first-order chi connectivity index (χ1) is 12.3. The van der Waals surface area contributed by atoms with Crippen LogP contribution in [0.4, 0.5) is 0 Å². The summed E-state index contributed by atoms with van der Waals surface area (Å²) in [5.74, 6) is 0. The van der Waals surface area contributed by atoms with Gasteiger partial charge in [0.2, 0.25) is 0 Å². The number of aryl methyl sites for hydroxylation is 1. The van der Waals surface area contributed by atoms with Gasteiger partial charge in [-0.2, -0.15) is 0 Å². The Morgan fingerprint density at radius 1 is 0.680 bits per heavy atom. The first-order valence-electron chi connectivity index (χ1n) is 8.53. The summed E-state index contributed by atoms with van der Waals surface area (Å²) in [7, 11) is 2.19. The number of nitrogens with zero attached hydrogens (tertiary/aromatic N) is 1. The van der Waals surface area contributed by atoms with Crippen LogP contribution in [0.3, 0.4) is 0 Å². The molecule has 0 bridgehead atoms. The van der Waals surface area contributed by atoms with Crippen molar-refractivity contribution in [2.75, 3.05) is 0 Å². The van der Waals surface area contributed by atoms with E-state index in [0.717, 1.165) is 0 Å². The van der Waals surface area contributed by atoms with E-state index in [2.05, 4.69) is 84.4 Å². The summed E-state index contributed by atoms with van der Waals surface area (Å²) in [6.07, 6.45) is 0. The molecule has 118 valence electrons. The molecule has 0 aliphatic rings. The summed E-state index contributed by atoms with van der Waals surface area (Å²) in [4.78, 5) is 0. The van der Waals surface area contributed by atoms with Crippen molar-refractivity contribution in [1.82, 2.24) is 4.57 Å². The lowest BCUT2D eigenvalue weighted by atomic mass is 10.0. The number of hydrogen-bond donors (Lipinski definition) is 0. The number of rotatable bonds is 0. The summed E-state index contributed by atoms with van der Waals surface area (Å²) in [6.45, 7) is 0. The fourth-order valence-corrected chi connectivity index (χ4v) is 5.50. The minimum absolute atomic E-state index is 1.30. The highest BCUT2D eigenvalue weighted by molar-refractivity contribution is 7.26. The minimum Gasteiger partial charge on any atom is -0.343 e. The van der Waals surface area contributed by atoms with E-state index < -0.39 is 0 Å². The molecule has 0 saturated heterocycles. The molecular formula is C23H15NS. The highest BCUT2D eigenvalue weighted by Gasteiger charge is 2.15.